The van der Waals surface area contributed by atoms with E-state index in [0.717, 1.165) is 81.3 Å². The highest BCUT2D eigenvalue weighted by molar-refractivity contribution is 5.94. The van der Waals surface area contributed by atoms with Crippen LogP contribution in [0.15, 0.2) is 85.5 Å². The number of anilines is 4. The third kappa shape index (κ3) is 5.71. The number of benzene rings is 2. The van der Waals surface area contributed by atoms with Gasteiger partial charge in [-0.1, -0.05) is 24.3 Å². The van der Waals surface area contributed by atoms with Crippen LogP contribution in [0.25, 0.3) is 32.9 Å². The maximum Gasteiger partial charge on any atom is 0.156 e. The lowest BCUT2D eigenvalue weighted by Crippen LogP contribution is -2.21. The topological polar surface area (TPSA) is 116 Å². The summed E-state index contributed by atoms with van der Waals surface area (Å²) in [7, 11) is 0. The number of aldehydes is 1. The molecule has 0 spiro atoms. The first kappa shape index (κ1) is 28.5. The molecule has 0 amide bonds. The van der Waals surface area contributed by atoms with Crippen LogP contribution in [-0.2, 0) is 6.54 Å². The first-order valence-corrected chi connectivity index (χ1v) is 15.0. The molecule has 9 heteroatoms. The number of pyridine rings is 4. The van der Waals surface area contributed by atoms with Crippen molar-refractivity contribution in [3.63, 3.8) is 0 Å². The fourth-order valence-electron chi connectivity index (χ4n) is 6.11. The molecule has 1 unspecified atom stereocenters. The average Bonchev–Trinajstić information content (AvgIpc) is 3.47. The lowest BCUT2D eigenvalue weighted by atomic mass is 9.94. The van der Waals surface area contributed by atoms with E-state index in [1.54, 1.807) is 12.4 Å². The summed E-state index contributed by atoms with van der Waals surface area (Å²) in [6, 6.07) is 20.2. The number of aliphatic hydroxyl groups excluding tert-OH is 1. The molecule has 9 nitrogen and oxygen atoms in total. The van der Waals surface area contributed by atoms with Crippen LogP contribution in [0, 0.1) is 13.8 Å². The van der Waals surface area contributed by atoms with Gasteiger partial charge < -0.3 is 15.7 Å². The number of β-amino-alcohol motifs (C(OH)–C–C–N with tert-alkyl or cyclic N) is 1. The maximum atomic E-state index is 11.2. The molecule has 0 aliphatic carbocycles. The van der Waals surface area contributed by atoms with E-state index >= 15 is 0 Å². The molecule has 1 fully saturated rings. The van der Waals surface area contributed by atoms with E-state index in [1.165, 1.54) is 0 Å². The Hall–Kier alpha value is -5.25. The molecule has 6 aromatic rings. The number of rotatable bonds is 8. The van der Waals surface area contributed by atoms with Gasteiger partial charge in [0.15, 0.2) is 17.9 Å². The summed E-state index contributed by atoms with van der Waals surface area (Å²) in [5.41, 5.74) is 9.40. The third-order valence-corrected chi connectivity index (χ3v) is 8.53. The van der Waals surface area contributed by atoms with E-state index in [0.29, 0.717) is 29.3 Å². The second-order valence-electron chi connectivity index (χ2n) is 11.6. The maximum absolute atomic E-state index is 11.2. The minimum absolute atomic E-state index is 0.239. The van der Waals surface area contributed by atoms with Gasteiger partial charge in [0.2, 0.25) is 0 Å². The van der Waals surface area contributed by atoms with Crippen LogP contribution in [0.3, 0.4) is 0 Å². The van der Waals surface area contributed by atoms with Crippen LogP contribution in [-0.4, -0.2) is 55.4 Å². The van der Waals surface area contributed by atoms with E-state index in [1.807, 2.05) is 48.8 Å². The molecule has 3 N–H and O–H groups in total. The minimum Gasteiger partial charge on any atom is -0.392 e. The van der Waals surface area contributed by atoms with Gasteiger partial charge in [-0.15, -0.1) is 0 Å². The van der Waals surface area contributed by atoms with Gasteiger partial charge in [0.1, 0.15) is 11.0 Å². The molecule has 1 atom stereocenters. The Labute approximate surface area is 261 Å². The summed E-state index contributed by atoms with van der Waals surface area (Å²) in [6.07, 6.45) is 8.38. The molecular formula is C36H33N7O2. The van der Waals surface area contributed by atoms with Crippen LogP contribution in [0.5, 0.6) is 0 Å². The molecule has 0 radical (unpaired) electrons. The summed E-state index contributed by atoms with van der Waals surface area (Å²) >= 11 is 0. The molecular weight excluding hydrogens is 562 g/mol. The summed E-state index contributed by atoms with van der Waals surface area (Å²) in [4.78, 5) is 32.0. The van der Waals surface area contributed by atoms with Gasteiger partial charge in [0, 0.05) is 72.1 Å². The molecule has 0 bridgehead atoms. The van der Waals surface area contributed by atoms with Crippen molar-refractivity contribution >= 4 is 51.1 Å². The van der Waals surface area contributed by atoms with Crippen molar-refractivity contribution in [2.24, 2.45) is 0 Å². The molecule has 1 saturated heterocycles. The first-order valence-electron chi connectivity index (χ1n) is 15.0. The highest BCUT2D eigenvalue weighted by Crippen LogP contribution is 2.36. The second kappa shape index (κ2) is 12.0. The highest BCUT2D eigenvalue weighted by Gasteiger charge is 2.20. The summed E-state index contributed by atoms with van der Waals surface area (Å²) in [6.45, 7) is 6.58. The number of likely N-dealkylation sites (tertiary alicyclic amines) is 1. The van der Waals surface area contributed by atoms with Crippen molar-refractivity contribution in [1.29, 1.82) is 0 Å². The number of aromatic nitrogens is 4. The van der Waals surface area contributed by atoms with Crippen LogP contribution >= 0.6 is 0 Å². The monoisotopic (exact) mass is 595 g/mol. The number of nitrogens with one attached hydrogen (secondary N) is 2. The Morgan fingerprint density at radius 1 is 0.822 bits per heavy atom. The van der Waals surface area contributed by atoms with Crippen LogP contribution in [0.4, 0.5) is 23.0 Å². The summed E-state index contributed by atoms with van der Waals surface area (Å²) in [5.74, 6) is 1.34. The number of carbonyl (C=O) groups excluding carboxylic acids is 1. The van der Waals surface area contributed by atoms with Crippen LogP contribution < -0.4 is 10.6 Å². The van der Waals surface area contributed by atoms with Gasteiger partial charge in [-0.3, -0.25) is 19.7 Å². The number of carbonyl (C=O) groups is 1. The Kier molecular flexibility index (Phi) is 7.62. The molecule has 5 heterocycles. The standard InChI is InChI=1S/C36H33N7O2/c1-22-29(30-6-4-8-32(23(30)2)42-36-34-27(10-13-38-36)16-25(21-44)18-40-34)5-3-7-31(22)41-35-33-26(9-12-37-35)15-24(17-39-33)19-43-14-11-28(45)20-43/h3-10,12-13,15-18,21,28,45H,11,14,19-20H2,1-2H3,(H,37,41)(H,38,42). The zero-order chi connectivity index (χ0) is 30.9. The predicted molar refractivity (Wildman–Crippen MR) is 178 cm³/mol. The Balaban J connectivity index is 1.17. The largest absolute Gasteiger partial charge is 0.392 e. The number of hydrogen-bond donors (Lipinski definition) is 3. The number of nitrogens with zero attached hydrogens (tertiary/aromatic N) is 5. The molecule has 4 aromatic heterocycles. The normalized spacial score (nSPS) is 15.0. The van der Waals surface area contributed by atoms with E-state index in [-0.39, 0.29) is 6.10 Å². The van der Waals surface area contributed by atoms with E-state index in [4.69, 9.17) is 4.98 Å². The Bertz CT molecular complexity index is 2060. The zero-order valence-electron chi connectivity index (χ0n) is 25.2. The smallest absolute Gasteiger partial charge is 0.156 e. The first-order chi connectivity index (χ1) is 22.0. The van der Waals surface area contributed by atoms with Gasteiger partial charge in [0.05, 0.1) is 6.10 Å². The highest BCUT2D eigenvalue weighted by atomic mass is 16.3. The van der Waals surface area contributed by atoms with E-state index < -0.39 is 0 Å². The molecule has 1 aliphatic rings. The second-order valence-corrected chi connectivity index (χ2v) is 11.6. The van der Waals surface area contributed by atoms with Crippen molar-refractivity contribution in [1.82, 2.24) is 24.8 Å². The molecule has 0 saturated carbocycles. The van der Waals surface area contributed by atoms with Gasteiger partial charge in [0.25, 0.3) is 0 Å². The van der Waals surface area contributed by atoms with Crippen molar-refractivity contribution < 1.29 is 9.90 Å². The van der Waals surface area contributed by atoms with Crippen molar-refractivity contribution in [2.75, 3.05) is 23.7 Å². The van der Waals surface area contributed by atoms with Gasteiger partial charge >= 0.3 is 0 Å². The molecule has 45 heavy (non-hydrogen) atoms. The third-order valence-electron chi connectivity index (χ3n) is 8.53. The van der Waals surface area contributed by atoms with Crippen molar-refractivity contribution in [3.8, 4) is 11.1 Å². The molecule has 7 rings (SSSR count). The fourth-order valence-corrected chi connectivity index (χ4v) is 6.11. The fraction of sp³-hybridized carbons (Fsp3) is 0.194. The number of fused-ring (bicyclic) bond motifs is 2. The number of aliphatic hydroxyl groups is 1. The molecule has 224 valence electrons. The lowest BCUT2D eigenvalue weighted by molar-refractivity contribution is 0.112. The predicted octanol–water partition coefficient (Wildman–Crippen LogP) is 6.72. The van der Waals surface area contributed by atoms with Gasteiger partial charge in [-0.05, 0) is 84.5 Å². The van der Waals surface area contributed by atoms with E-state index in [9.17, 15) is 9.90 Å². The number of hydrogen-bond acceptors (Lipinski definition) is 9. The van der Waals surface area contributed by atoms with E-state index in [2.05, 4.69) is 68.6 Å². The average molecular weight is 596 g/mol. The molecule has 2 aromatic carbocycles. The van der Waals surface area contributed by atoms with Gasteiger partial charge in [-0.2, -0.15) is 0 Å². The molecule has 1 aliphatic heterocycles. The minimum atomic E-state index is -0.239. The van der Waals surface area contributed by atoms with Gasteiger partial charge in [-0.25, -0.2) is 9.97 Å². The SMILES string of the molecule is Cc1c(Nc2nccc3cc(C=O)cnc23)cccc1-c1cccc(Nc2nccc3cc(CN4CCC(O)C4)cnc23)c1C. The van der Waals surface area contributed by atoms with Crippen LogP contribution in [0.1, 0.15) is 33.5 Å². The zero-order valence-corrected chi connectivity index (χ0v) is 25.2. The van der Waals surface area contributed by atoms with Crippen molar-refractivity contribution in [3.05, 3.63) is 108 Å². The Morgan fingerprint density at radius 2 is 1.42 bits per heavy atom. The lowest BCUT2D eigenvalue weighted by Gasteiger charge is -2.18. The quantitative estimate of drug-likeness (QED) is 0.165. The summed E-state index contributed by atoms with van der Waals surface area (Å²) in [5, 5.41) is 18.8. The van der Waals surface area contributed by atoms with Crippen molar-refractivity contribution in [2.45, 2.75) is 32.9 Å². The Morgan fingerprint density at radius 3 is 2.00 bits per heavy atom. The summed E-state index contributed by atoms with van der Waals surface area (Å²) < 4.78 is 0. The van der Waals surface area contributed by atoms with Crippen LogP contribution in [0.2, 0.25) is 0 Å².